The average Bonchev–Trinajstić information content (AvgIpc) is 3.03. The predicted molar refractivity (Wildman–Crippen MR) is 122 cm³/mol. The van der Waals surface area contributed by atoms with E-state index in [1.165, 1.54) is 4.90 Å². The van der Waals surface area contributed by atoms with Crippen molar-refractivity contribution in [2.24, 2.45) is 5.92 Å². The summed E-state index contributed by atoms with van der Waals surface area (Å²) in [6.07, 6.45) is 0. The number of fused-ring (bicyclic) bond motifs is 1. The molecule has 0 aliphatic carbocycles. The Kier molecular flexibility index (Phi) is 5.49. The van der Waals surface area contributed by atoms with Gasteiger partial charge in [-0.05, 0) is 28.7 Å². The lowest BCUT2D eigenvalue weighted by Crippen LogP contribution is -2.31. The molecule has 6 heteroatoms. The summed E-state index contributed by atoms with van der Waals surface area (Å²) in [5, 5.41) is 10.8. The highest BCUT2D eigenvalue weighted by atomic mass is 16.6. The van der Waals surface area contributed by atoms with Crippen LogP contribution in [0, 0.1) is 5.92 Å². The van der Waals surface area contributed by atoms with Gasteiger partial charge in [-0.3, -0.25) is 14.5 Å². The van der Waals surface area contributed by atoms with Crippen LogP contribution in [0.3, 0.4) is 0 Å². The summed E-state index contributed by atoms with van der Waals surface area (Å²) in [7, 11) is 0. The first-order valence-corrected chi connectivity index (χ1v) is 10.9. The molecule has 2 aliphatic heterocycles. The first-order chi connectivity index (χ1) is 15.1. The van der Waals surface area contributed by atoms with Crippen molar-refractivity contribution in [3.8, 4) is 11.5 Å². The van der Waals surface area contributed by atoms with Crippen LogP contribution in [0.1, 0.15) is 51.8 Å². The van der Waals surface area contributed by atoms with E-state index in [9.17, 15) is 14.7 Å². The van der Waals surface area contributed by atoms with Gasteiger partial charge in [-0.1, -0.05) is 58.9 Å². The summed E-state index contributed by atoms with van der Waals surface area (Å²) >= 11 is 0. The predicted octanol–water partition coefficient (Wildman–Crippen LogP) is 4.88. The summed E-state index contributed by atoms with van der Waals surface area (Å²) in [6.45, 7) is 10.8. The maximum absolute atomic E-state index is 13.2. The number of ketones is 1. The van der Waals surface area contributed by atoms with Gasteiger partial charge in [0.05, 0.1) is 11.6 Å². The summed E-state index contributed by atoms with van der Waals surface area (Å²) in [5.41, 5.74) is 2.52. The zero-order chi connectivity index (χ0) is 23.2. The minimum Gasteiger partial charge on any atom is -0.503 e. The third-order valence-electron chi connectivity index (χ3n) is 5.89. The fraction of sp³-hybridized carbons (Fsp3) is 0.385. The average molecular weight is 436 g/mol. The first kappa shape index (κ1) is 21.9. The molecule has 6 nitrogen and oxygen atoms in total. The van der Waals surface area contributed by atoms with Gasteiger partial charge in [0.1, 0.15) is 13.2 Å². The number of aliphatic hydroxyl groups excluding tert-OH is 1. The lowest BCUT2D eigenvalue weighted by Gasteiger charge is -2.29. The number of nitrogens with zero attached hydrogens (tertiary/aromatic N) is 1. The number of aliphatic hydroxyl groups is 1. The Bertz CT molecular complexity index is 1090. The van der Waals surface area contributed by atoms with Crippen LogP contribution in [-0.2, 0) is 15.0 Å². The molecule has 0 saturated heterocycles. The van der Waals surface area contributed by atoms with E-state index in [0.717, 1.165) is 11.1 Å². The summed E-state index contributed by atoms with van der Waals surface area (Å²) < 4.78 is 11.3. The van der Waals surface area contributed by atoms with E-state index in [4.69, 9.17) is 9.47 Å². The van der Waals surface area contributed by atoms with E-state index < -0.39 is 17.7 Å². The molecule has 2 aromatic rings. The molecule has 2 heterocycles. The van der Waals surface area contributed by atoms with E-state index in [1.54, 1.807) is 32.0 Å². The van der Waals surface area contributed by atoms with E-state index in [2.05, 4.69) is 20.8 Å². The molecule has 2 aromatic carbocycles. The Labute approximate surface area is 188 Å². The van der Waals surface area contributed by atoms with Gasteiger partial charge in [-0.25, -0.2) is 0 Å². The second kappa shape index (κ2) is 8.01. The second-order valence-electron chi connectivity index (χ2n) is 9.56. The largest absolute Gasteiger partial charge is 0.503 e. The molecule has 4 rings (SSSR count). The minimum atomic E-state index is -0.728. The number of rotatable bonds is 4. The van der Waals surface area contributed by atoms with Gasteiger partial charge < -0.3 is 14.6 Å². The lowest BCUT2D eigenvalue weighted by molar-refractivity contribution is -0.119. The molecular formula is C26H29NO5. The maximum Gasteiger partial charge on any atom is 0.294 e. The molecule has 0 spiro atoms. The van der Waals surface area contributed by atoms with Gasteiger partial charge >= 0.3 is 0 Å². The molecule has 0 bridgehead atoms. The molecule has 0 radical (unpaired) electrons. The summed E-state index contributed by atoms with van der Waals surface area (Å²) in [5.74, 6) is -0.573. The standard InChI is InChI=1S/C26H29NO5/c1-15(2)23(28)21-22(16-6-8-17(9-7-16)26(3,4)5)27(25(30)24(21)29)18-10-11-19-20(14-18)32-13-12-31-19/h6-11,14-15,22,29H,12-13H2,1-5H3. The molecule has 32 heavy (non-hydrogen) atoms. The second-order valence-corrected chi connectivity index (χ2v) is 9.56. The number of ether oxygens (including phenoxy) is 2. The van der Waals surface area contributed by atoms with Crippen LogP contribution in [0.4, 0.5) is 5.69 Å². The molecule has 1 atom stereocenters. The summed E-state index contributed by atoms with van der Waals surface area (Å²) in [4.78, 5) is 27.8. The topological polar surface area (TPSA) is 76.1 Å². The molecule has 1 amide bonds. The first-order valence-electron chi connectivity index (χ1n) is 10.9. The van der Waals surface area contributed by atoms with Crippen LogP contribution < -0.4 is 14.4 Å². The molecule has 2 aliphatic rings. The van der Waals surface area contributed by atoms with E-state index in [-0.39, 0.29) is 22.7 Å². The third kappa shape index (κ3) is 3.74. The van der Waals surface area contributed by atoms with Crippen molar-refractivity contribution < 1.29 is 24.2 Å². The highest BCUT2D eigenvalue weighted by molar-refractivity contribution is 6.17. The smallest absolute Gasteiger partial charge is 0.294 e. The van der Waals surface area contributed by atoms with Crippen LogP contribution in [0.2, 0.25) is 0 Å². The van der Waals surface area contributed by atoms with Crippen molar-refractivity contribution in [1.29, 1.82) is 0 Å². The Morgan fingerprint density at radius 2 is 1.66 bits per heavy atom. The van der Waals surface area contributed by atoms with Gasteiger partial charge in [-0.2, -0.15) is 0 Å². The van der Waals surface area contributed by atoms with Crippen LogP contribution in [0.5, 0.6) is 11.5 Å². The van der Waals surface area contributed by atoms with Crippen molar-refractivity contribution in [2.45, 2.75) is 46.1 Å². The number of anilines is 1. The molecule has 1 N–H and O–H groups in total. The van der Waals surface area contributed by atoms with Crippen molar-refractivity contribution >= 4 is 17.4 Å². The molecule has 0 aromatic heterocycles. The maximum atomic E-state index is 13.2. The SMILES string of the molecule is CC(C)C(=O)C1=C(O)C(=O)N(c2ccc3c(c2)OCCO3)C1c1ccc(C(C)(C)C)cc1. The van der Waals surface area contributed by atoms with E-state index >= 15 is 0 Å². The fourth-order valence-electron chi connectivity index (χ4n) is 4.10. The van der Waals surface area contributed by atoms with Crippen molar-refractivity contribution in [3.63, 3.8) is 0 Å². The Hall–Kier alpha value is -3.28. The van der Waals surface area contributed by atoms with E-state index in [1.807, 2.05) is 24.3 Å². The van der Waals surface area contributed by atoms with E-state index in [0.29, 0.717) is 30.4 Å². The van der Waals surface area contributed by atoms with Crippen molar-refractivity contribution in [3.05, 3.63) is 64.9 Å². The van der Waals surface area contributed by atoms with Gasteiger partial charge in [0.15, 0.2) is 23.0 Å². The lowest BCUT2D eigenvalue weighted by atomic mass is 9.85. The van der Waals surface area contributed by atoms with Crippen LogP contribution in [-0.4, -0.2) is 30.0 Å². The van der Waals surface area contributed by atoms with Gasteiger partial charge in [0.2, 0.25) is 0 Å². The molecular weight excluding hydrogens is 406 g/mol. The normalized spacial score (nSPS) is 18.5. The van der Waals surface area contributed by atoms with Gasteiger partial charge in [0, 0.05) is 17.7 Å². The minimum absolute atomic E-state index is 0.0336. The van der Waals surface area contributed by atoms with Gasteiger partial charge in [-0.15, -0.1) is 0 Å². The number of carbonyl (C=O) groups is 2. The zero-order valence-electron chi connectivity index (χ0n) is 19.1. The van der Waals surface area contributed by atoms with Crippen LogP contribution >= 0.6 is 0 Å². The third-order valence-corrected chi connectivity index (χ3v) is 5.89. The monoisotopic (exact) mass is 435 g/mol. The molecule has 168 valence electrons. The Morgan fingerprint density at radius 1 is 1.03 bits per heavy atom. The van der Waals surface area contributed by atoms with Crippen LogP contribution in [0.15, 0.2) is 53.8 Å². The number of carbonyl (C=O) groups excluding carboxylic acids is 2. The highest BCUT2D eigenvalue weighted by Crippen LogP contribution is 2.44. The summed E-state index contributed by atoms with van der Waals surface area (Å²) in [6, 6.07) is 12.4. The number of benzene rings is 2. The Balaban J connectivity index is 1.83. The fourth-order valence-corrected chi connectivity index (χ4v) is 4.10. The van der Waals surface area contributed by atoms with Crippen LogP contribution in [0.25, 0.3) is 0 Å². The van der Waals surface area contributed by atoms with Gasteiger partial charge in [0.25, 0.3) is 5.91 Å². The zero-order valence-corrected chi connectivity index (χ0v) is 19.1. The highest BCUT2D eigenvalue weighted by Gasteiger charge is 2.45. The molecule has 0 fully saturated rings. The number of Topliss-reactive ketones (excluding diaryl/α,β-unsaturated/α-hetero) is 1. The van der Waals surface area contributed by atoms with Crippen molar-refractivity contribution in [1.82, 2.24) is 0 Å². The number of hydrogen-bond acceptors (Lipinski definition) is 5. The molecule has 1 unspecified atom stereocenters. The molecule has 0 saturated carbocycles. The number of amides is 1. The Morgan fingerprint density at radius 3 is 2.25 bits per heavy atom. The van der Waals surface area contributed by atoms with Crippen molar-refractivity contribution in [2.75, 3.05) is 18.1 Å². The quantitative estimate of drug-likeness (QED) is 0.741. The number of hydrogen-bond donors (Lipinski definition) is 1.